The molecular formula is C9H9Cl2N3OS. The number of hydrogen-bond acceptors (Lipinski definition) is 4. The second-order valence-electron chi connectivity index (χ2n) is 2.75. The fourth-order valence-electron chi connectivity index (χ4n) is 0.927. The van der Waals surface area contributed by atoms with Crippen LogP contribution in [0.4, 0.5) is 4.79 Å². The summed E-state index contributed by atoms with van der Waals surface area (Å²) in [5.74, 6) is 0. The lowest BCUT2D eigenvalue weighted by atomic mass is 10.2. The molecule has 0 bridgehead atoms. The maximum Gasteiger partial charge on any atom is 0.298 e. The lowest BCUT2D eigenvalue weighted by molar-refractivity contribution is 0.266. The van der Waals surface area contributed by atoms with E-state index in [1.54, 1.807) is 25.2 Å². The van der Waals surface area contributed by atoms with Crippen LogP contribution in [0.25, 0.3) is 0 Å². The van der Waals surface area contributed by atoms with Crippen molar-refractivity contribution in [2.45, 2.75) is 0 Å². The van der Waals surface area contributed by atoms with Gasteiger partial charge in [-0.3, -0.25) is 4.79 Å². The van der Waals surface area contributed by atoms with Gasteiger partial charge in [0.25, 0.3) is 5.24 Å². The molecular weight excluding hydrogens is 269 g/mol. The quantitative estimate of drug-likeness (QED) is 0.525. The molecule has 0 saturated carbocycles. The Labute approximate surface area is 108 Å². The molecule has 0 radical (unpaired) electrons. The molecule has 0 aliphatic heterocycles. The molecule has 0 aliphatic carbocycles. The van der Waals surface area contributed by atoms with E-state index in [2.05, 4.69) is 5.10 Å². The molecule has 4 nitrogen and oxygen atoms in total. The molecule has 1 aromatic carbocycles. The van der Waals surface area contributed by atoms with Crippen molar-refractivity contribution < 1.29 is 4.79 Å². The molecule has 7 heteroatoms. The van der Waals surface area contributed by atoms with Crippen molar-refractivity contribution in [3.8, 4) is 0 Å². The second kappa shape index (κ2) is 5.98. The summed E-state index contributed by atoms with van der Waals surface area (Å²) < 4.78 is 1.32. The van der Waals surface area contributed by atoms with Crippen molar-refractivity contribution in [3.05, 3.63) is 33.8 Å². The fraction of sp³-hybridized carbons (Fsp3) is 0.111. The van der Waals surface area contributed by atoms with E-state index < -0.39 is 5.24 Å². The van der Waals surface area contributed by atoms with Gasteiger partial charge in [-0.15, -0.1) is 0 Å². The van der Waals surface area contributed by atoms with E-state index in [9.17, 15) is 4.79 Å². The molecule has 1 amide bonds. The van der Waals surface area contributed by atoms with Crippen LogP contribution in [0, 0.1) is 0 Å². The van der Waals surface area contributed by atoms with Crippen LogP contribution in [0.3, 0.4) is 0 Å². The number of carbonyl (C=O) groups excluding carboxylic acids is 1. The normalized spacial score (nSPS) is 10.7. The topological polar surface area (TPSA) is 58.7 Å². The van der Waals surface area contributed by atoms with Gasteiger partial charge in [0.1, 0.15) is 0 Å². The molecule has 0 atom stereocenters. The molecule has 1 aromatic rings. The Morgan fingerprint density at radius 2 is 2.06 bits per heavy atom. The van der Waals surface area contributed by atoms with E-state index in [0.717, 1.165) is 11.9 Å². The summed E-state index contributed by atoms with van der Waals surface area (Å²) in [6.45, 7) is 0. The van der Waals surface area contributed by atoms with Gasteiger partial charge < -0.3 is 5.73 Å². The largest absolute Gasteiger partial charge is 0.359 e. The Morgan fingerprint density at radius 3 is 2.56 bits per heavy atom. The lowest BCUT2D eigenvalue weighted by Crippen LogP contribution is -2.11. The Kier molecular flexibility index (Phi) is 4.92. The summed E-state index contributed by atoms with van der Waals surface area (Å²) >= 11 is 12.6. The first-order chi connectivity index (χ1) is 7.50. The van der Waals surface area contributed by atoms with Gasteiger partial charge in [-0.25, -0.2) is 4.41 Å². The van der Waals surface area contributed by atoms with Crippen molar-refractivity contribution >= 4 is 46.6 Å². The molecule has 86 valence electrons. The van der Waals surface area contributed by atoms with Gasteiger partial charge in [0.05, 0.1) is 28.2 Å². The molecule has 0 heterocycles. The van der Waals surface area contributed by atoms with Gasteiger partial charge in [-0.1, -0.05) is 29.3 Å². The Hall–Kier alpha value is -0.910. The maximum absolute atomic E-state index is 10.6. The third-order valence-corrected chi connectivity index (χ3v) is 2.77. The summed E-state index contributed by atoms with van der Waals surface area (Å²) in [7, 11) is 1.59. The minimum Gasteiger partial charge on any atom is -0.359 e. The zero-order valence-corrected chi connectivity index (χ0v) is 10.7. The van der Waals surface area contributed by atoms with Crippen LogP contribution in [0.5, 0.6) is 0 Å². The minimum atomic E-state index is -0.537. The number of primary amides is 1. The average molecular weight is 278 g/mol. The molecule has 0 unspecified atom stereocenters. The summed E-state index contributed by atoms with van der Waals surface area (Å²) in [6.07, 6.45) is 1.47. The number of hydrogen-bond donors (Lipinski definition) is 1. The van der Waals surface area contributed by atoms with E-state index >= 15 is 0 Å². The average Bonchev–Trinajstić information content (AvgIpc) is 2.15. The first-order valence-corrected chi connectivity index (χ1v) is 5.72. The van der Waals surface area contributed by atoms with Crippen LogP contribution in [0.2, 0.25) is 10.0 Å². The number of rotatable bonds is 3. The lowest BCUT2D eigenvalue weighted by Gasteiger charge is -2.08. The smallest absolute Gasteiger partial charge is 0.298 e. The number of amides is 1. The van der Waals surface area contributed by atoms with E-state index in [1.807, 2.05) is 0 Å². The highest BCUT2D eigenvalue weighted by molar-refractivity contribution is 8.11. The van der Waals surface area contributed by atoms with Gasteiger partial charge in [-0.2, -0.15) is 5.10 Å². The van der Waals surface area contributed by atoms with Crippen LogP contribution in [-0.4, -0.2) is 22.9 Å². The summed E-state index contributed by atoms with van der Waals surface area (Å²) in [6, 6.07) is 5.15. The Balaban J connectivity index is 2.80. The number of halogens is 2. The van der Waals surface area contributed by atoms with Gasteiger partial charge in [-0.05, 0) is 12.1 Å². The first kappa shape index (κ1) is 13.2. The molecule has 16 heavy (non-hydrogen) atoms. The zero-order chi connectivity index (χ0) is 12.1. The van der Waals surface area contributed by atoms with Crippen LogP contribution in [0.15, 0.2) is 23.3 Å². The van der Waals surface area contributed by atoms with Gasteiger partial charge >= 0.3 is 0 Å². The Morgan fingerprint density at radius 1 is 1.50 bits per heavy atom. The van der Waals surface area contributed by atoms with Crippen molar-refractivity contribution in [2.24, 2.45) is 10.8 Å². The van der Waals surface area contributed by atoms with Crippen LogP contribution < -0.4 is 5.73 Å². The molecule has 0 spiro atoms. The number of benzene rings is 1. The number of nitrogens with zero attached hydrogens (tertiary/aromatic N) is 2. The highest BCUT2D eigenvalue weighted by Gasteiger charge is 2.03. The molecule has 0 aliphatic rings. The standard InChI is InChI=1S/C9H9Cl2N3OS/c1-14(16-9(12)15)13-5-6-7(10)3-2-4-8(6)11/h2-5H,1H3,(H2,12,15)/b13-5+. The number of carbonyl (C=O) groups is 1. The van der Waals surface area contributed by atoms with E-state index in [1.165, 1.54) is 10.6 Å². The fourth-order valence-corrected chi connectivity index (χ4v) is 1.78. The van der Waals surface area contributed by atoms with Gasteiger partial charge in [0, 0.05) is 12.6 Å². The van der Waals surface area contributed by atoms with Crippen molar-refractivity contribution in [3.63, 3.8) is 0 Å². The van der Waals surface area contributed by atoms with Crippen LogP contribution >= 0.6 is 35.1 Å². The van der Waals surface area contributed by atoms with E-state index in [0.29, 0.717) is 15.6 Å². The van der Waals surface area contributed by atoms with Crippen LogP contribution in [0.1, 0.15) is 5.56 Å². The maximum atomic E-state index is 10.6. The summed E-state index contributed by atoms with van der Waals surface area (Å²) in [5, 5.41) is 4.41. The molecule has 0 saturated heterocycles. The van der Waals surface area contributed by atoms with Crippen molar-refractivity contribution in [2.75, 3.05) is 7.05 Å². The molecule has 2 N–H and O–H groups in total. The molecule has 1 rings (SSSR count). The first-order valence-electron chi connectivity index (χ1n) is 4.20. The summed E-state index contributed by atoms with van der Waals surface area (Å²) in [5.41, 5.74) is 5.58. The van der Waals surface area contributed by atoms with Gasteiger partial charge in [0.2, 0.25) is 0 Å². The minimum absolute atomic E-state index is 0.494. The van der Waals surface area contributed by atoms with Crippen molar-refractivity contribution in [1.29, 1.82) is 0 Å². The SMILES string of the molecule is CN(/N=C/c1c(Cl)cccc1Cl)SC(N)=O. The monoisotopic (exact) mass is 277 g/mol. The van der Waals surface area contributed by atoms with Crippen LogP contribution in [-0.2, 0) is 0 Å². The van der Waals surface area contributed by atoms with Gasteiger partial charge in [0.15, 0.2) is 0 Å². The summed E-state index contributed by atoms with van der Waals surface area (Å²) in [4.78, 5) is 10.6. The highest BCUT2D eigenvalue weighted by Crippen LogP contribution is 2.22. The van der Waals surface area contributed by atoms with E-state index in [4.69, 9.17) is 28.9 Å². The number of nitrogens with two attached hydrogens (primary N) is 1. The number of hydrazone groups is 1. The predicted octanol–water partition coefficient (Wildman–Crippen LogP) is 2.99. The van der Waals surface area contributed by atoms with E-state index in [-0.39, 0.29) is 0 Å². The molecule has 0 aromatic heterocycles. The zero-order valence-electron chi connectivity index (χ0n) is 8.35. The second-order valence-corrected chi connectivity index (χ2v) is 4.68. The van der Waals surface area contributed by atoms with Crippen molar-refractivity contribution in [1.82, 2.24) is 4.41 Å². The third kappa shape index (κ3) is 3.92. The third-order valence-electron chi connectivity index (χ3n) is 1.57. The molecule has 0 fully saturated rings. The predicted molar refractivity (Wildman–Crippen MR) is 69.0 cm³/mol. The Bertz CT molecular complexity index is 405. The highest BCUT2D eigenvalue weighted by atomic mass is 35.5.